The van der Waals surface area contributed by atoms with Crippen molar-refractivity contribution in [1.82, 2.24) is 5.32 Å². The number of nitrogens with one attached hydrogen (secondary N) is 2. The van der Waals surface area contributed by atoms with Gasteiger partial charge in [0.15, 0.2) is 11.5 Å². The Morgan fingerprint density at radius 3 is 2.36 bits per heavy atom. The molecule has 1 unspecified atom stereocenters. The Kier molecular flexibility index (Phi) is 7.68. The molecule has 1 atom stereocenters. The Hall–Kier alpha value is -3.22. The predicted octanol–water partition coefficient (Wildman–Crippen LogP) is 3.86. The number of urea groups is 1. The number of carbonyl (C=O) groups is 2. The third-order valence-electron chi connectivity index (χ3n) is 3.99. The number of hydrogen-bond acceptors (Lipinski definition) is 4. The van der Waals surface area contributed by atoms with E-state index in [4.69, 9.17) is 15.2 Å². The molecule has 0 bridgehead atoms. The lowest BCUT2D eigenvalue weighted by molar-refractivity contribution is 0.0939. The first-order valence-electron chi connectivity index (χ1n) is 9.31. The Labute approximate surface area is 165 Å². The second kappa shape index (κ2) is 10.2. The molecule has 0 saturated carbocycles. The number of carbonyl (C=O) groups excluding carboxylic acids is 2. The number of rotatable bonds is 9. The van der Waals surface area contributed by atoms with Crippen LogP contribution in [0.2, 0.25) is 0 Å². The van der Waals surface area contributed by atoms with E-state index in [1.165, 1.54) is 0 Å². The largest absolute Gasteiger partial charge is 0.490 e. The molecule has 3 amide bonds. The summed E-state index contributed by atoms with van der Waals surface area (Å²) >= 11 is 0. The minimum absolute atomic E-state index is 0.213. The van der Waals surface area contributed by atoms with Gasteiger partial charge in [-0.3, -0.25) is 4.79 Å². The summed E-state index contributed by atoms with van der Waals surface area (Å²) in [5.74, 6) is 0.971. The number of ether oxygens (including phenoxy) is 2. The maximum Gasteiger partial charge on any atom is 0.316 e. The van der Waals surface area contributed by atoms with Crippen LogP contribution in [0.5, 0.6) is 11.5 Å². The van der Waals surface area contributed by atoms with Gasteiger partial charge in [0.2, 0.25) is 0 Å². The molecule has 0 aliphatic carbocycles. The molecule has 0 aromatic heterocycles. The van der Waals surface area contributed by atoms with E-state index in [0.717, 1.165) is 12.0 Å². The van der Waals surface area contributed by atoms with Gasteiger partial charge >= 0.3 is 6.03 Å². The minimum Gasteiger partial charge on any atom is -0.490 e. The van der Waals surface area contributed by atoms with Crippen molar-refractivity contribution >= 4 is 17.6 Å². The van der Waals surface area contributed by atoms with Crippen LogP contribution in [-0.2, 0) is 0 Å². The fraction of sp³-hybridized carbons (Fsp3) is 0.333. The molecule has 0 fully saturated rings. The van der Waals surface area contributed by atoms with Gasteiger partial charge in [0.1, 0.15) is 0 Å². The third-order valence-corrected chi connectivity index (χ3v) is 3.99. The third kappa shape index (κ3) is 5.90. The van der Waals surface area contributed by atoms with E-state index in [1.54, 1.807) is 30.3 Å². The van der Waals surface area contributed by atoms with Crippen LogP contribution in [0.4, 0.5) is 10.5 Å². The zero-order valence-electron chi connectivity index (χ0n) is 16.5. The van der Waals surface area contributed by atoms with Crippen molar-refractivity contribution in [2.75, 3.05) is 18.5 Å². The fourth-order valence-corrected chi connectivity index (χ4v) is 2.61. The molecule has 4 N–H and O–H groups in total. The van der Waals surface area contributed by atoms with Crippen molar-refractivity contribution < 1.29 is 19.1 Å². The van der Waals surface area contributed by atoms with Crippen molar-refractivity contribution in [3.63, 3.8) is 0 Å². The summed E-state index contributed by atoms with van der Waals surface area (Å²) in [5, 5.41) is 5.46. The van der Waals surface area contributed by atoms with Gasteiger partial charge in [-0.1, -0.05) is 19.1 Å². The average molecular weight is 385 g/mol. The fourth-order valence-electron chi connectivity index (χ4n) is 2.61. The predicted molar refractivity (Wildman–Crippen MR) is 109 cm³/mol. The van der Waals surface area contributed by atoms with Gasteiger partial charge < -0.3 is 25.8 Å². The van der Waals surface area contributed by atoms with Gasteiger partial charge in [0.05, 0.1) is 19.3 Å². The van der Waals surface area contributed by atoms with Crippen LogP contribution in [-0.4, -0.2) is 25.2 Å². The van der Waals surface area contributed by atoms with Crippen molar-refractivity contribution in [3.8, 4) is 11.5 Å². The maximum atomic E-state index is 12.6. The molecular weight excluding hydrogens is 358 g/mol. The first kappa shape index (κ1) is 21.1. The number of nitrogens with two attached hydrogens (primary N) is 1. The first-order valence-corrected chi connectivity index (χ1v) is 9.31. The van der Waals surface area contributed by atoms with Crippen LogP contribution >= 0.6 is 0 Å². The van der Waals surface area contributed by atoms with Crippen LogP contribution in [0.1, 0.15) is 49.2 Å². The number of benzene rings is 2. The lowest BCUT2D eigenvalue weighted by atomic mass is 10.1. The van der Waals surface area contributed by atoms with Crippen molar-refractivity contribution in [2.24, 2.45) is 5.73 Å². The first-order chi connectivity index (χ1) is 13.4. The van der Waals surface area contributed by atoms with E-state index in [1.807, 2.05) is 32.9 Å². The second-order valence-corrected chi connectivity index (χ2v) is 6.25. The summed E-state index contributed by atoms with van der Waals surface area (Å²) in [7, 11) is 0. The van der Waals surface area contributed by atoms with E-state index in [0.29, 0.717) is 36.0 Å². The summed E-state index contributed by atoms with van der Waals surface area (Å²) in [6.45, 7) is 6.87. The highest BCUT2D eigenvalue weighted by atomic mass is 16.5. The van der Waals surface area contributed by atoms with Crippen LogP contribution in [0.3, 0.4) is 0 Å². The average Bonchev–Trinajstić information content (AvgIpc) is 2.67. The Bertz CT molecular complexity index is 806. The van der Waals surface area contributed by atoms with Crippen LogP contribution in [0.25, 0.3) is 0 Å². The molecule has 0 saturated heterocycles. The summed E-state index contributed by atoms with van der Waals surface area (Å²) in [6, 6.07) is 11.4. The second-order valence-electron chi connectivity index (χ2n) is 6.25. The highest BCUT2D eigenvalue weighted by Crippen LogP contribution is 2.29. The normalized spacial score (nSPS) is 11.4. The minimum atomic E-state index is -0.620. The molecule has 2 aromatic rings. The van der Waals surface area contributed by atoms with E-state index < -0.39 is 6.03 Å². The molecule has 28 heavy (non-hydrogen) atoms. The zero-order chi connectivity index (χ0) is 20.5. The Balaban J connectivity index is 2.08. The molecule has 2 rings (SSSR count). The SMILES string of the molecule is CCCOc1ccc(C(=O)NC(C)c2ccc(NC(N)=O)cc2)cc1OCC. The monoisotopic (exact) mass is 385 g/mol. The molecule has 0 aliphatic heterocycles. The van der Waals surface area contributed by atoms with Gasteiger partial charge in [-0.2, -0.15) is 0 Å². The van der Waals surface area contributed by atoms with E-state index >= 15 is 0 Å². The molecule has 2 aromatic carbocycles. The van der Waals surface area contributed by atoms with E-state index in [2.05, 4.69) is 10.6 Å². The molecule has 0 aliphatic rings. The molecule has 7 nitrogen and oxygen atoms in total. The number of primary amides is 1. The molecule has 150 valence electrons. The zero-order valence-corrected chi connectivity index (χ0v) is 16.5. The number of anilines is 1. The van der Waals surface area contributed by atoms with Gasteiger partial charge in [-0.15, -0.1) is 0 Å². The topological polar surface area (TPSA) is 103 Å². The maximum absolute atomic E-state index is 12.6. The molecule has 0 radical (unpaired) electrons. The van der Waals surface area contributed by atoms with Crippen LogP contribution < -0.4 is 25.8 Å². The standard InChI is InChI=1S/C21H27N3O4/c1-4-12-28-18-11-8-16(13-19(18)27-5-2)20(25)23-14(3)15-6-9-17(10-7-15)24-21(22)26/h6-11,13-14H,4-5,12H2,1-3H3,(H,23,25)(H3,22,24,26). The van der Waals surface area contributed by atoms with Gasteiger partial charge in [0, 0.05) is 11.3 Å². The number of hydrogen-bond donors (Lipinski definition) is 3. The molecule has 7 heteroatoms. The Morgan fingerprint density at radius 1 is 1.04 bits per heavy atom. The summed E-state index contributed by atoms with van der Waals surface area (Å²) in [5.41, 5.74) is 7.08. The number of amides is 3. The summed E-state index contributed by atoms with van der Waals surface area (Å²) < 4.78 is 11.3. The van der Waals surface area contributed by atoms with E-state index in [9.17, 15) is 9.59 Å². The van der Waals surface area contributed by atoms with Crippen molar-refractivity contribution in [2.45, 2.75) is 33.2 Å². The summed E-state index contributed by atoms with van der Waals surface area (Å²) in [4.78, 5) is 23.5. The Morgan fingerprint density at radius 2 is 1.75 bits per heavy atom. The van der Waals surface area contributed by atoms with Crippen molar-refractivity contribution in [1.29, 1.82) is 0 Å². The van der Waals surface area contributed by atoms with Gasteiger partial charge in [-0.05, 0) is 56.2 Å². The smallest absolute Gasteiger partial charge is 0.316 e. The molecule has 0 heterocycles. The van der Waals surface area contributed by atoms with Crippen molar-refractivity contribution in [3.05, 3.63) is 53.6 Å². The van der Waals surface area contributed by atoms with Gasteiger partial charge in [-0.25, -0.2) is 4.79 Å². The quantitative estimate of drug-likeness (QED) is 0.610. The van der Waals surface area contributed by atoms with Crippen LogP contribution in [0.15, 0.2) is 42.5 Å². The summed E-state index contributed by atoms with van der Waals surface area (Å²) in [6.07, 6.45) is 0.888. The lowest BCUT2D eigenvalue weighted by Gasteiger charge is -2.16. The highest BCUT2D eigenvalue weighted by molar-refractivity contribution is 5.95. The molecular formula is C21H27N3O4. The lowest BCUT2D eigenvalue weighted by Crippen LogP contribution is -2.26. The van der Waals surface area contributed by atoms with Gasteiger partial charge in [0.25, 0.3) is 5.91 Å². The molecule has 0 spiro atoms. The van der Waals surface area contributed by atoms with E-state index in [-0.39, 0.29) is 11.9 Å². The van der Waals surface area contributed by atoms with Crippen LogP contribution in [0, 0.1) is 0 Å². The highest BCUT2D eigenvalue weighted by Gasteiger charge is 2.15.